The molecule has 7 heteroatoms. The number of carbonyl (C=O) groups excluding carboxylic acids is 1. The van der Waals surface area contributed by atoms with Crippen LogP contribution in [0.25, 0.3) is 0 Å². The van der Waals surface area contributed by atoms with Gasteiger partial charge < -0.3 is 24.7 Å². The van der Waals surface area contributed by atoms with Crippen molar-refractivity contribution >= 4 is 5.91 Å². The minimum atomic E-state index is -0.453. The molecule has 1 amide bonds. The molecule has 0 unspecified atom stereocenters. The molecule has 0 fully saturated rings. The Hall–Kier alpha value is -4.96. The fourth-order valence-corrected chi connectivity index (χ4v) is 2.78. The molecule has 4 aromatic rings. The third kappa shape index (κ3) is 8.15. The number of ether oxygens (including phenoxy) is 4. The number of primary amides is 1. The number of para-hydroxylation sites is 1. The second-order valence-corrected chi connectivity index (χ2v) is 7.02. The van der Waals surface area contributed by atoms with Crippen LogP contribution in [-0.4, -0.2) is 19.8 Å². The molecule has 0 radical (unpaired) electrons. The molecule has 0 bridgehead atoms. The standard InChI is InChI=1S/C14H13NO3.C14H11NO2/c1-17-11-6-8-13(9-7-11)18-12-4-2-10(3-5-12)14(15)16;15-10-12-6-8-14(9-7-12)17-11-16-13-4-2-1-3-5-13/h2-9H,1H3,(H2,15,16);1-9H,11H2. The first-order valence-corrected chi connectivity index (χ1v) is 10.6. The summed E-state index contributed by atoms with van der Waals surface area (Å²) in [6, 6.07) is 32.3. The van der Waals surface area contributed by atoms with E-state index in [9.17, 15) is 4.79 Å². The van der Waals surface area contributed by atoms with Crippen LogP contribution in [0.1, 0.15) is 15.9 Å². The second kappa shape index (κ2) is 12.9. The topological polar surface area (TPSA) is 104 Å². The monoisotopic (exact) mass is 468 g/mol. The number of nitrogens with zero attached hydrogens (tertiary/aromatic N) is 1. The molecule has 35 heavy (non-hydrogen) atoms. The van der Waals surface area contributed by atoms with Gasteiger partial charge in [-0.05, 0) is 84.9 Å². The molecule has 0 saturated heterocycles. The number of hydrogen-bond donors (Lipinski definition) is 1. The van der Waals surface area contributed by atoms with E-state index in [1.54, 1.807) is 67.8 Å². The van der Waals surface area contributed by atoms with Crippen LogP contribution >= 0.6 is 0 Å². The highest BCUT2D eigenvalue weighted by molar-refractivity contribution is 5.92. The first kappa shape index (κ1) is 24.7. The van der Waals surface area contributed by atoms with Gasteiger partial charge in [-0.3, -0.25) is 4.79 Å². The Morgan fingerprint density at radius 2 is 1.20 bits per heavy atom. The van der Waals surface area contributed by atoms with E-state index in [4.69, 9.17) is 29.9 Å². The summed E-state index contributed by atoms with van der Waals surface area (Å²) < 4.78 is 21.4. The highest BCUT2D eigenvalue weighted by atomic mass is 16.7. The molecule has 2 N–H and O–H groups in total. The Bertz CT molecular complexity index is 1230. The van der Waals surface area contributed by atoms with Crippen molar-refractivity contribution in [1.82, 2.24) is 0 Å². The average molecular weight is 469 g/mol. The molecule has 0 aliphatic carbocycles. The van der Waals surface area contributed by atoms with Crippen molar-refractivity contribution in [3.63, 3.8) is 0 Å². The Morgan fingerprint density at radius 3 is 1.71 bits per heavy atom. The van der Waals surface area contributed by atoms with Crippen LogP contribution in [0.3, 0.4) is 0 Å². The van der Waals surface area contributed by atoms with Gasteiger partial charge in [-0.25, -0.2) is 0 Å². The van der Waals surface area contributed by atoms with Crippen molar-refractivity contribution in [3.05, 3.63) is 114 Å². The van der Waals surface area contributed by atoms with E-state index < -0.39 is 5.91 Å². The van der Waals surface area contributed by atoms with Crippen LogP contribution in [-0.2, 0) is 0 Å². The van der Waals surface area contributed by atoms with Crippen LogP contribution in [0.5, 0.6) is 28.7 Å². The summed E-state index contributed by atoms with van der Waals surface area (Å²) in [5.74, 6) is 3.10. The Kier molecular flexibility index (Phi) is 9.11. The van der Waals surface area contributed by atoms with Gasteiger partial charge in [-0.2, -0.15) is 5.26 Å². The number of rotatable bonds is 8. The molecular formula is C28H24N2O5. The van der Waals surface area contributed by atoms with Crippen LogP contribution in [0, 0.1) is 11.3 Å². The van der Waals surface area contributed by atoms with Crippen molar-refractivity contribution in [2.24, 2.45) is 5.73 Å². The zero-order chi connectivity index (χ0) is 24.9. The number of hydrogen-bond acceptors (Lipinski definition) is 6. The first-order valence-electron chi connectivity index (χ1n) is 10.6. The molecule has 0 saturated carbocycles. The fraction of sp³-hybridized carbons (Fsp3) is 0.0714. The van der Waals surface area contributed by atoms with E-state index in [-0.39, 0.29) is 6.79 Å². The van der Waals surface area contributed by atoms with Gasteiger partial charge in [0.1, 0.15) is 28.7 Å². The van der Waals surface area contributed by atoms with E-state index in [1.807, 2.05) is 48.5 Å². The van der Waals surface area contributed by atoms with Crippen molar-refractivity contribution in [1.29, 1.82) is 5.26 Å². The highest BCUT2D eigenvalue weighted by Gasteiger charge is 2.02. The summed E-state index contributed by atoms with van der Waals surface area (Å²) >= 11 is 0. The Labute approximate surface area is 203 Å². The second-order valence-electron chi connectivity index (χ2n) is 7.02. The molecule has 0 aliphatic heterocycles. The van der Waals surface area contributed by atoms with Crippen molar-refractivity contribution in [3.8, 4) is 34.8 Å². The lowest BCUT2D eigenvalue weighted by molar-refractivity contribution is 0.1000. The summed E-state index contributed by atoms with van der Waals surface area (Å²) in [5.41, 5.74) is 6.22. The number of methoxy groups -OCH3 is 1. The summed E-state index contributed by atoms with van der Waals surface area (Å²) in [6.45, 7) is 0.149. The van der Waals surface area contributed by atoms with E-state index >= 15 is 0 Å². The number of amides is 1. The quantitative estimate of drug-likeness (QED) is 0.340. The van der Waals surface area contributed by atoms with Gasteiger partial charge >= 0.3 is 0 Å². The lowest BCUT2D eigenvalue weighted by Gasteiger charge is -2.07. The minimum absolute atomic E-state index is 0.149. The molecule has 4 aromatic carbocycles. The predicted octanol–water partition coefficient (Wildman–Crippen LogP) is 5.56. The van der Waals surface area contributed by atoms with Gasteiger partial charge in [0.2, 0.25) is 12.7 Å². The molecule has 0 heterocycles. The van der Waals surface area contributed by atoms with E-state index in [1.165, 1.54) is 0 Å². The smallest absolute Gasteiger partial charge is 0.248 e. The number of benzene rings is 4. The molecule has 0 aromatic heterocycles. The third-order valence-corrected chi connectivity index (χ3v) is 4.61. The van der Waals surface area contributed by atoms with E-state index in [0.717, 1.165) is 11.5 Å². The normalized spacial score (nSPS) is 9.60. The van der Waals surface area contributed by atoms with Gasteiger partial charge in [0, 0.05) is 5.56 Å². The minimum Gasteiger partial charge on any atom is -0.497 e. The maximum absolute atomic E-state index is 10.9. The number of carbonyl (C=O) groups is 1. The van der Waals surface area contributed by atoms with Gasteiger partial charge in [-0.1, -0.05) is 18.2 Å². The lowest BCUT2D eigenvalue weighted by Crippen LogP contribution is -2.10. The highest BCUT2D eigenvalue weighted by Crippen LogP contribution is 2.24. The summed E-state index contributed by atoms with van der Waals surface area (Å²) in [6.07, 6.45) is 0. The van der Waals surface area contributed by atoms with Crippen molar-refractivity contribution < 1.29 is 23.7 Å². The first-order chi connectivity index (χ1) is 17.1. The van der Waals surface area contributed by atoms with Gasteiger partial charge in [-0.15, -0.1) is 0 Å². The molecular weight excluding hydrogens is 444 g/mol. The van der Waals surface area contributed by atoms with E-state index in [0.29, 0.717) is 28.4 Å². The van der Waals surface area contributed by atoms with Crippen LogP contribution in [0.4, 0.5) is 0 Å². The largest absolute Gasteiger partial charge is 0.497 e. The Morgan fingerprint density at radius 1 is 0.714 bits per heavy atom. The number of nitriles is 1. The maximum atomic E-state index is 10.9. The lowest BCUT2D eigenvalue weighted by atomic mass is 10.2. The SMILES string of the molecule is COc1ccc(Oc2ccc(C(N)=O)cc2)cc1.N#Cc1ccc(OCOc2ccccc2)cc1. The van der Waals surface area contributed by atoms with Crippen molar-refractivity contribution in [2.45, 2.75) is 0 Å². The zero-order valence-corrected chi connectivity index (χ0v) is 19.1. The van der Waals surface area contributed by atoms with Gasteiger partial charge in [0.15, 0.2) is 0 Å². The Balaban J connectivity index is 0.000000196. The maximum Gasteiger partial charge on any atom is 0.248 e. The molecule has 7 nitrogen and oxygen atoms in total. The average Bonchev–Trinajstić information content (AvgIpc) is 2.91. The summed E-state index contributed by atoms with van der Waals surface area (Å²) in [7, 11) is 1.61. The molecule has 0 atom stereocenters. The van der Waals surface area contributed by atoms with Crippen LogP contribution in [0.15, 0.2) is 103 Å². The van der Waals surface area contributed by atoms with Crippen molar-refractivity contribution in [2.75, 3.05) is 13.9 Å². The molecule has 0 aliphatic rings. The molecule has 0 spiro atoms. The summed E-state index contributed by atoms with van der Waals surface area (Å²) in [5, 5.41) is 8.64. The zero-order valence-electron chi connectivity index (χ0n) is 19.1. The molecule has 176 valence electrons. The van der Waals surface area contributed by atoms with Crippen LogP contribution in [0.2, 0.25) is 0 Å². The predicted molar refractivity (Wildman–Crippen MR) is 132 cm³/mol. The van der Waals surface area contributed by atoms with Gasteiger partial charge in [0.25, 0.3) is 0 Å². The molecule has 4 rings (SSSR count). The fourth-order valence-electron chi connectivity index (χ4n) is 2.78. The third-order valence-electron chi connectivity index (χ3n) is 4.61. The van der Waals surface area contributed by atoms with Crippen LogP contribution < -0.4 is 24.7 Å². The van der Waals surface area contributed by atoms with Gasteiger partial charge in [0.05, 0.1) is 18.7 Å². The van der Waals surface area contributed by atoms with E-state index in [2.05, 4.69) is 0 Å². The summed E-state index contributed by atoms with van der Waals surface area (Å²) in [4.78, 5) is 10.9. The number of nitrogens with two attached hydrogens (primary N) is 1.